The number of aromatic amines is 1. The third kappa shape index (κ3) is 2.59. The molecule has 0 atom stereocenters. The maximum Gasteiger partial charge on any atom is 0.157 e. The van der Waals surface area contributed by atoms with E-state index in [4.69, 9.17) is 4.98 Å². The van der Waals surface area contributed by atoms with Crippen LogP contribution in [0.15, 0.2) is 6.20 Å². The van der Waals surface area contributed by atoms with Crippen molar-refractivity contribution in [2.24, 2.45) is 0 Å². The summed E-state index contributed by atoms with van der Waals surface area (Å²) in [6.45, 7) is 4.11. The fourth-order valence-electron chi connectivity index (χ4n) is 3.33. The first-order chi connectivity index (χ1) is 11.3. The maximum atomic E-state index is 4.76. The molecule has 23 heavy (non-hydrogen) atoms. The molecule has 1 saturated carbocycles. The van der Waals surface area contributed by atoms with Crippen LogP contribution in [0, 0.1) is 6.92 Å². The summed E-state index contributed by atoms with van der Waals surface area (Å²) in [6.07, 6.45) is 7.74. The summed E-state index contributed by atoms with van der Waals surface area (Å²) in [6, 6.07) is 0.521. The Morgan fingerprint density at radius 3 is 2.83 bits per heavy atom. The largest absolute Gasteiger partial charge is 0.381 e. The van der Waals surface area contributed by atoms with Gasteiger partial charge < -0.3 is 5.32 Å². The average molecular weight is 328 g/mol. The fourth-order valence-corrected chi connectivity index (χ4v) is 4.09. The van der Waals surface area contributed by atoms with E-state index >= 15 is 0 Å². The van der Waals surface area contributed by atoms with Gasteiger partial charge in [-0.1, -0.05) is 31.1 Å². The van der Waals surface area contributed by atoms with Crippen LogP contribution < -0.4 is 5.32 Å². The maximum absolute atomic E-state index is 4.76. The third-order valence-electron chi connectivity index (χ3n) is 4.45. The number of fused-ring (bicyclic) bond motifs is 1. The van der Waals surface area contributed by atoms with Gasteiger partial charge in [-0.25, -0.2) is 4.98 Å². The van der Waals surface area contributed by atoms with Crippen LogP contribution in [0.3, 0.4) is 0 Å². The van der Waals surface area contributed by atoms with Crippen LogP contribution in [0.4, 0.5) is 5.69 Å². The molecule has 0 aromatic carbocycles. The van der Waals surface area contributed by atoms with Crippen LogP contribution >= 0.6 is 11.3 Å². The number of aryl methyl sites for hydroxylation is 2. The minimum absolute atomic E-state index is 0.521. The van der Waals surface area contributed by atoms with Gasteiger partial charge in [-0.2, -0.15) is 5.10 Å². The molecule has 1 aliphatic rings. The van der Waals surface area contributed by atoms with Crippen LogP contribution in [0.1, 0.15) is 43.3 Å². The molecule has 1 aliphatic carbocycles. The van der Waals surface area contributed by atoms with E-state index in [1.54, 1.807) is 11.3 Å². The molecular formula is C16H20N6S. The van der Waals surface area contributed by atoms with Crippen LogP contribution in [-0.4, -0.2) is 31.4 Å². The number of hydrogen-bond donors (Lipinski definition) is 2. The predicted octanol–water partition coefficient (Wildman–Crippen LogP) is 3.70. The Hall–Kier alpha value is -2.02. The first kappa shape index (κ1) is 14.6. The van der Waals surface area contributed by atoms with E-state index < -0.39 is 0 Å². The second-order valence-corrected chi connectivity index (χ2v) is 7.23. The number of rotatable bonds is 4. The van der Waals surface area contributed by atoms with E-state index in [9.17, 15) is 0 Å². The third-order valence-corrected chi connectivity index (χ3v) is 5.31. The van der Waals surface area contributed by atoms with Gasteiger partial charge in [0.2, 0.25) is 0 Å². The zero-order chi connectivity index (χ0) is 15.8. The first-order valence-corrected chi connectivity index (χ1v) is 9.01. The molecule has 0 bridgehead atoms. The van der Waals surface area contributed by atoms with Crippen molar-refractivity contribution in [3.63, 3.8) is 0 Å². The summed E-state index contributed by atoms with van der Waals surface area (Å²) in [5, 5.41) is 22.5. The van der Waals surface area contributed by atoms with Crippen molar-refractivity contribution in [2.45, 2.75) is 52.0 Å². The van der Waals surface area contributed by atoms with Crippen molar-refractivity contribution in [1.82, 2.24) is 25.4 Å². The van der Waals surface area contributed by atoms with Crippen molar-refractivity contribution in [3.05, 3.63) is 16.9 Å². The van der Waals surface area contributed by atoms with Gasteiger partial charge in [0, 0.05) is 6.04 Å². The molecule has 3 heterocycles. The summed E-state index contributed by atoms with van der Waals surface area (Å²) in [5.74, 6) is 0. The van der Waals surface area contributed by atoms with E-state index in [-0.39, 0.29) is 0 Å². The Bertz CT molecular complexity index is 830. The highest BCUT2D eigenvalue weighted by atomic mass is 32.1. The molecule has 1 fully saturated rings. The summed E-state index contributed by atoms with van der Waals surface area (Å²) < 4.78 is 0. The van der Waals surface area contributed by atoms with E-state index in [1.165, 1.54) is 25.7 Å². The topological polar surface area (TPSA) is 79.4 Å². The molecule has 120 valence electrons. The van der Waals surface area contributed by atoms with Crippen LogP contribution in [0.2, 0.25) is 0 Å². The number of hydrogen-bond acceptors (Lipinski definition) is 6. The standard InChI is InChI=1S/C16H20N6S/c1-3-12-13(16-22-20-9(2)23-16)14(18-10-6-4-5-7-10)11-8-17-21-15(11)19-12/h8,10H,3-7H2,1-2H3,(H2,17,18,19,21). The molecule has 3 aromatic heterocycles. The number of pyridine rings is 1. The molecule has 0 unspecified atom stereocenters. The van der Waals surface area contributed by atoms with Crippen molar-refractivity contribution >= 4 is 28.1 Å². The quantitative estimate of drug-likeness (QED) is 0.763. The smallest absolute Gasteiger partial charge is 0.157 e. The molecule has 0 spiro atoms. The highest BCUT2D eigenvalue weighted by Gasteiger charge is 2.23. The number of aromatic nitrogens is 5. The first-order valence-electron chi connectivity index (χ1n) is 8.19. The Kier molecular flexibility index (Phi) is 3.72. The highest BCUT2D eigenvalue weighted by molar-refractivity contribution is 7.14. The van der Waals surface area contributed by atoms with Gasteiger partial charge in [-0.15, -0.1) is 10.2 Å². The van der Waals surface area contributed by atoms with Gasteiger partial charge in [-0.05, 0) is 26.2 Å². The Morgan fingerprint density at radius 2 is 2.13 bits per heavy atom. The number of nitrogens with zero attached hydrogens (tertiary/aromatic N) is 4. The molecule has 0 aliphatic heterocycles. The lowest BCUT2D eigenvalue weighted by molar-refractivity contribution is 0.756. The molecule has 4 rings (SSSR count). The Morgan fingerprint density at radius 1 is 1.30 bits per heavy atom. The average Bonchev–Trinajstić information content (AvgIpc) is 3.27. The van der Waals surface area contributed by atoms with E-state index in [0.29, 0.717) is 6.04 Å². The van der Waals surface area contributed by atoms with E-state index in [1.807, 2.05) is 13.1 Å². The van der Waals surface area contributed by atoms with E-state index in [2.05, 4.69) is 32.6 Å². The SMILES string of the molecule is CCc1nc2[nH]ncc2c(NC2CCCC2)c1-c1nnc(C)s1. The van der Waals surface area contributed by atoms with Crippen molar-refractivity contribution in [2.75, 3.05) is 5.32 Å². The number of anilines is 1. The molecule has 0 radical (unpaired) electrons. The molecule has 3 aromatic rings. The molecule has 6 nitrogen and oxygen atoms in total. The lowest BCUT2D eigenvalue weighted by Gasteiger charge is -2.18. The van der Waals surface area contributed by atoms with Gasteiger partial charge in [0.25, 0.3) is 0 Å². The number of nitrogens with one attached hydrogen (secondary N) is 2. The second-order valence-electron chi connectivity index (χ2n) is 6.05. The molecule has 0 saturated heterocycles. The molecule has 7 heteroatoms. The Labute approximate surface area is 138 Å². The monoisotopic (exact) mass is 328 g/mol. The van der Waals surface area contributed by atoms with Crippen molar-refractivity contribution in [3.8, 4) is 10.6 Å². The summed E-state index contributed by atoms with van der Waals surface area (Å²) in [7, 11) is 0. The van der Waals surface area contributed by atoms with Crippen LogP contribution in [0.5, 0.6) is 0 Å². The lowest BCUT2D eigenvalue weighted by atomic mass is 10.1. The fraction of sp³-hybridized carbons (Fsp3) is 0.500. The van der Waals surface area contributed by atoms with Gasteiger partial charge in [-0.3, -0.25) is 5.10 Å². The molecule has 0 amide bonds. The van der Waals surface area contributed by atoms with Crippen molar-refractivity contribution in [1.29, 1.82) is 0 Å². The minimum Gasteiger partial charge on any atom is -0.381 e. The predicted molar refractivity (Wildman–Crippen MR) is 92.8 cm³/mol. The van der Waals surface area contributed by atoms with Crippen molar-refractivity contribution < 1.29 is 0 Å². The second kappa shape index (κ2) is 5.88. The lowest BCUT2D eigenvalue weighted by Crippen LogP contribution is -2.16. The van der Waals surface area contributed by atoms with Crippen LogP contribution in [0.25, 0.3) is 21.6 Å². The summed E-state index contributed by atoms with van der Waals surface area (Å²) in [5.41, 5.74) is 4.09. The Balaban J connectivity index is 1.92. The number of H-pyrrole nitrogens is 1. The van der Waals surface area contributed by atoms with Gasteiger partial charge in [0.1, 0.15) is 5.01 Å². The van der Waals surface area contributed by atoms with Crippen LogP contribution in [-0.2, 0) is 6.42 Å². The minimum atomic E-state index is 0.521. The summed E-state index contributed by atoms with van der Waals surface area (Å²) in [4.78, 5) is 4.76. The summed E-state index contributed by atoms with van der Waals surface area (Å²) >= 11 is 1.62. The molecular weight excluding hydrogens is 308 g/mol. The molecule has 2 N–H and O–H groups in total. The zero-order valence-electron chi connectivity index (χ0n) is 13.4. The normalized spacial score (nSPS) is 15.6. The van der Waals surface area contributed by atoms with Gasteiger partial charge in [0.05, 0.1) is 28.5 Å². The highest BCUT2D eigenvalue weighted by Crippen LogP contribution is 2.39. The van der Waals surface area contributed by atoms with Gasteiger partial charge >= 0.3 is 0 Å². The van der Waals surface area contributed by atoms with Gasteiger partial charge in [0.15, 0.2) is 10.7 Å². The zero-order valence-corrected chi connectivity index (χ0v) is 14.2. The van der Waals surface area contributed by atoms with E-state index in [0.717, 1.165) is 44.4 Å².